The number of aromatic amines is 1. The highest BCUT2D eigenvalue weighted by molar-refractivity contribution is 5.89. The van der Waals surface area contributed by atoms with Crippen molar-refractivity contribution in [1.29, 1.82) is 0 Å². The van der Waals surface area contributed by atoms with E-state index in [4.69, 9.17) is 4.74 Å². The lowest BCUT2D eigenvalue weighted by Gasteiger charge is -2.20. The predicted molar refractivity (Wildman–Crippen MR) is 127 cm³/mol. The molecular formula is C26H30N2O4. The van der Waals surface area contributed by atoms with E-state index in [9.17, 15) is 14.7 Å². The zero-order valence-corrected chi connectivity index (χ0v) is 19.0. The first-order chi connectivity index (χ1) is 15.3. The Morgan fingerprint density at radius 1 is 1.16 bits per heavy atom. The number of hydrogen-bond donors (Lipinski definition) is 2. The number of ether oxygens (including phenoxy) is 1. The second-order valence-corrected chi connectivity index (χ2v) is 8.05. The number of carboxylic acid groups (broad SMARTS) is 1. The number of benzene rings is 2. The second-order valence-electron chi connectivity index (χ2n) is 8.05. The Morgan fingerprint density at radius 3 is 2.59 bits per heavy atom. The van der Waals surface area contributed by atoms with Gasteiger partial charge >= 0.3 is 5.97 Å². The van der Waals surface area contributed by atoms with Gasteiger partial charge in [0.15, 0.2) is 0 Å². The van der Waals surface area contributed by atoms with Crippen molar-refractivity contribution in [2.75, 3.05) is 21.2 Å². The molecule has 0 saturated heterocycles. The molecule has 0 radical (unpaired) electrons. The quantitative estimate of drug-likeness (QED) is 0.479. The summed E-state index contributed by atoms with van der Waals surface area (Å²) < 4.78 is 5.57. The number of amides is 1. The number of carboxylic acids is 1. The molecule has 2 aromatic carbocycles. The number of fused-ring (bicyclic) bond motifs is 1. The number of H-pyrrole nitrogens is 1. The van der Waals surface area contributed by atoms with E-state index in [1.54, 1.807) is 38.2 Å². The van der Waals surface area contributed by atoms with Crippen molar-refractivity contribution in [1.82, 2.24) is 9.88 Å². The molecule has 0 aliphatic heterocycles. The van der Waals surface area contributed by atoms with Crippen molar-refractivity contribution in [2.24, 2.45) is 0 Å². The van der Waals surface area contributed by atoms with Crippen molar-refractivity contribution in [3.8, 4) is 5.75 Å². The summed E-state index contributed by atoms with van der Waals surface area (Å²) in [7, 11) is 5.07. The maximum Gasteiger partial charge on any atom is 0.335 e. The fourth-order valence-corrected chi connectivity index (χ4v) is 3.93. The lowest BCUT2D eigenvalue weighted by molar-refractivity contribution is -0.127. The van der Waals surface area contributed by atoms with Gasteiger partial charge in [-0.15, -0.1) is 0 Å². The van der Waals surface area contributed by atoms with Crippen LogP contribution in [0.25, 0.3) is 17.0 Å². The van der Waals surface area contributed by atoms with E-state index >= 15 is 0 Å². The van der Waals surface area contributed by atoms with E-state index in [0.29, 0.717) is 12.2 Å². The molecule has 1 atom stereocenters. The van der Waals surface area contributed by atoms with Crippen LogP contribution in [0.2, 0.25) is 0 Å². The van der Waals surface area contributed by atoms with E-state index in [-0.39, 0.29) is 17.4 Å². The molecule has 1 amide bonds. The minimum Gasteiger partial charge on any atom is -0.496 e. The number of aromatic nitrogens is 1. The first-order valence-electron chi connectivity index (χ1n) is 10.7. The van der Waals surface area contributed by atoms with Crippen LogP contribution in [-0.4, -0.2) is 48.1 Å². The molecule has 0 aliphatic rings. The van der Waals surface area contributed by atoms with E-state index in [0.717, 1.165) is 40.4 Å². The van der Waals surface area contributed by atoms with E-state index < -0.39 is 5.97 Å². The van der Waals surface area contributed by atoms with Crippen LogP contribution in [0.4, 0.5) is 0 Å². The molecule has 3 rings (SSSR count). The Balaban J connectivity index is 2.01. The molecule has 1 unspecified atom stereocenters. The summed E-state index contributed by atoms with van der Waals surface area (Å²) >= 11 is 0. The van der Waals surface area contributed by atoms with Gasteiger partial charge in [0, 0.05) is 49.1 Å². The van der Waals surface area contributed by atoms with Crippen LogP contribution in [0.5, 0.6) is 5.75 Å². The highest BCUT2D eigenvalue weighted by Crippen LogP contribution is 2.39. The van der Waals surface area contributed by atoms with Crippen LogP contribution in [0.1, 0.15) is 59.2 Å². The molecule has 0 bridgehead atoms. The van der Waals surface area contributed by atoms with Crippen LogP contribution in [0, 0.1) is 0 Å². The lowest BCUT2D eigenvalue weighted by atomic mass is 9.86. The van der Waals surface area contributed by atoms with Crippen molar-refractivity contribution in [2.45, 2.75) is 32.1 Å². The van der Waals surface area contributed by atoms with Gasteiger partial charge in [-0.25, -0.2) is 4.79 Å². The average molecular weight is 435 g/mol. The van der Waals surface area contributed by atoms with Crippen LogP contribution in [-0.2, 0) is 4.79 Å². The van der Waals surface area contributed by atoms with Crippen LogP contribution >= 0.6 is 0 Å². The van der Waals surface area contributed by atoms with Gasteiger partial charge in [0.2, 0.25) is 5.91 Å². The summed E-state index contributed by atoms with van der Waals surface area (Å²) in [5.74, 6) is -0.278. The van der Waals surface area contributed by atoms with E-state index in [1.807, 2.05) is 36.5 Å². The predicted octanol–water partition coefficient (Wildman–Crippen LogP) is 5.30. The number of methoxy groups -OCH3 is 1. The third-order valence-electron chi connectivity index (χ3n) is 5.65. The third kappa shape index (κ3) is 5.02. The summed E-state index contributed by atoms with van der Waals surface area (Å²) in [6.45, 7) is 2.13. The lowest BCUT2D eigenvalue weighted by Crippen LogP contribution is -2.20. The third-order valence-corrected chi connectivity index (χ3v) is 5.65. The second kappa shape index (κ2) is 10.2. The summed E-state index contributed by atoms with van der Waals surface area (Å²) in [4.78, 5) is 28.2. The smallest absolute Gasteiger partial charge is 0.335 e. The molecule has 32 heavy (non-hydrogen) atoms. The number of nitrogens with one attached hydrogen (secondary N) is 1. The van der Waals surface area contributed by atoms with E-state index in [1.165, 1.54) is 0 Å². The van der Waals surface area contributed by atoms with Crippen molar-refractivity contribution < 1.29 is 19.4 Å². The first kappa shape index (κ1) is 23.1. The minimum absolute atomic E-state index is 0.0566. The van der Waals surface area contributed by atoms with Gasteiger partial charge in [-0.05, 0) is 41.8 Å². The van der Waals surface area contributed by atoms with Crippen LogP contribution in [0.3, 0.4) is 0 Å². The number of carbonyl (C=O) groups is 2. The molecule has 0 fully saturated rings. The number of carbonyl (C=O) groups excluding carboxylic acids is 1. The molecule has 6 heteroatoms. The standard InChI is InChI=1S/C26H30N2O4/c1-5-7-19(20-12-11-18(26(30)31)15-24(20)32-4)22-16-27-23-13-10-17(14-21(22)23)8-6-9-25(29)28(2)3/h6,8,10-16,19,27H,5,7,9H2,1-4H3,(H,30,31)/b8-6+. The molecule has 2 N–H and O–H groups in total. The number of rotatable bonds is 9. The monoisotopic (exact) mass is 434 g/mol. The number of hydrogen-bond acceptors (Lipinski definition) is 3. The van der Waals surface area contributed by atoms with Crippen molar-refractivity contribution >= 4 is 28.9 Å². The maximum atomic E-state index is 11.8. The van der Waals surface area contributed by atoms with Gasteiger partial charge in [-0.1, -0.05) is 37.6 Å². The first-order valence-corrected chi connectivity index (χ1v) is 10.7. The summed E-state index contributed by atoms with van der Waals surface area (Å²) in [6.07, 6.45) is 8.09. The summed E-state index contributed by atoms with van der Waals surface area (Å²) in [5, 5.41) is 10.4. The Hall–Kier alpha value is -3.54. The maximum absolute atomic E-state index is 11.8. The van der Waals surface area contributed by atoms with Gasteiger partial charge in [0.25, 0.3) is 0 Å². The number of aromatic carboxylic acids is 1. The molecule has 6 nitrogen and oxygen atoms in total. The molecule has 3 aromatic rings. The normalized spacial score (nSPS) is 12.2. The molecule has 0 aliphatic carbocycles. The number of nitrogens with zero attached hydrogens (tertiary/aromatic N) is 1. The highest BCUT2D eigenvalue weighted by Gasteiger charge is 2.22. The van der Waals surface area contributed by atoms with Crippen LogP contribution < -0.4 is 4.74 Å². The highest BCUT2D eigenvalue weighted by atomic mass is 16.5. The molecule has 168 valence electrons. The Morgan fingerprint density at radius 2 is 1.94 bits per heavy atom. The Labute approximate surface area is 188 Å². The molecular weight excluding hydrogens is 404 g/mol. The van der Waals surface area contributed by atoms with Gasteiger partial charge in [-0.2, -0.15) is 0 Å². The summed E-state index contributed by atoms with van der Waals surface area (Å²) in [5.41, 5.74) is 4.37. The SMILES string of the molecule is CCCC(c1ccc(C(=O)O)cc1OC)c1c[nH]c2ccc(/C=C/CC(=O)N(C)C)cc12. The van der Waals surface area contributed by atoms with Gasteiger partial charge in [0.1, 0.15) is 5.75 Å². The minimum atomic E-state index is -0.974. The molecule has 1 heterocycles. The van der Waals surface area contributed by atoms with Gasteiger partial charge in [0.05, 0.1) is 12.7 Å². The Kier molecular flexibility index (Phi) is 7.36. The van der Waals surface area contributed by atoms with Crippen molar-refractivity contribution in [3.63, 3.8) is 0 Å². The average Bonchev–Trinajstić information content (AvgIpc) is 3.19. The largest absolute Gasteiger partial charge is 0.496 e. The summed E-state index contributed by atoms with van der Waals surface area (Å²) in [6, 6.07) is 11.3. The van der Waals surface area contributed by atoms with Gasteiger partial charge in [-0.3, -0.25) is 4.79 Å². The Bertz CT molecular complexity index is 1140. The zero-order chi connectivity index (χ0) is 23.3. The van der Waals surface area contributed by atoms with Crippen molar-refractivity contribution in [3.05, 3.63) is 70.9 Å². The fourth-order valence-electron chi connectivity index (χ4n) is 3.93. The van der Waals surface area contributed by atoms with E-state index in [2.05, 4.69) is 18.0 Å². The topological polar surface area (TPSA) is 82.6 Å². The molecule has 1 aromatic heterocycles. The fraction of sp³-hybridized carbons (Fsp3) is 0.308. The molecule has 0 spiro atoms. The van der Waals surface area contributed by atoms with Crippen LogP contribution in [0.15, 0.2) is 48.7 Å². The molecule has 0 saturated carbocycles. The van der Waals surface area contributed by atoms with Gasteiger partial charge < -0.3 is 19.7 Å². The zero-order valence-electron chi connectivity index (χ0n) is 19.0.